The maximum absolute atomic E-state index is 10.8. The van der Waals surface area contributed by atoms with Crippen molar-refractivity contribution in [2.24, 2.45) is 0 Å². The van der Waals surface area contributed by atoms with Crippen LogP contribution in [0.1, 0.15) is 5.56 Å². The molecule has 120 valence electrons. The van der Waals surface area contributed by atoms with Crippen LogP contribution in [0.3, 0.4) is 0 Å². The van der Waals surface area contributed by atoms with Gasteiger partial charge in [0.2, 0.25) is 0 Å². The molecule has 0 unspecified atom stereocenters. The molecule has 0 radical (unpaired) electrons. The van der Waals surface area contributed by atoms with Crippen molar-refractivity contribution in [2.45, 2.75) is 6.61 Å². The Bertz CT molecular complexity index is 816. The van der Waals surface area contributed by atoms with E-state index in [0.29, 0.717) is 12.4 Å². The Hall–Kier alpha value is -3.34. The largest absolute Gasteiger partial charge is 0.489 e. The van der Waals surface area contributed by atoms with Crippen LogP contribution in [-0.4, -0.2) is 4.92 Å². The summed E-state index contributed by atoms with van der Waals surface area (Å²) in [7, 11) is 0. The summed E-state index contributed by atoms with van der Waals surface area (Å²) >= 11 is 0. The molecule has 0 aromatic heterocycles. The van der Waals surface area contributed by atoms with Gasteiger partial charge in [0, 0.05) is 6.07 Å². The summed E-state index contributed by atoms with van der Waals surface area (Å²) in [5.41, 5.74) is 0.959. The van der Waals surface area contributed by atoms with Gasteiger partial charge in [0.05, 0.1) is 11.0 Å². The molecule has 0 spiro atoms. The van der Waals surface area contributed by atoms with Crippen LogP contribution < -0.4 is 9.47 Å². The average Bonchev–Trinajstić information content (AvgIpc) is 2.62. The number of non-ortho nitro benzene ring substituents is 1. The summed E-state index contributed by atoms with van der Waals surface area (Å²) in [5.74, 6) is 1.98. The van der Waals surface area contributed by atoms with Crippen molar-refractivity contribution in [3.8, 4) is 17.2 Å². The van der Waals surface area contributed by atoms with Crippen LogP contribution in [0.15, 0.2) is 78.9 Å². The molecule has 5 nitrogen and oxygen atoms in total. The van der Waals surface area contributed by atoms with E-state index in [1.807, 2.05) is 54.6 Å². The van der Waals surface area contributed by atoms with Crippen LogP contribution in [0.4, 0.5) is 5.69 Å². The molecular formula is C19H15NO4. The van der Waals surface area contributed by atoms with Crippen molar-refractivity contribution in [3.63, 3.8) is 0 Å². The van der Waals surface area contributed by atoms with Crippen LogP contribution in [-0.2, 0) is 6.61 Å². The Morgan fingerprint density at radius 1 is 0.792 bits per heavy atom. The number of nitro benzene ring substituents is 1. The molecule has 0 aliphatic carbocycles. The van der Waals surface area contributed by atoms with Gasteiger partial charge in [-0.15, -0.1) is 0 Å². The molecule has 3 aromatic carbocycles. The zero-order valence-electron chi connectivity index (χ0n) is 12.8. The highest BCUT2D eigenvalue weighted by atomic mass is 16.6. The lowest BCUT2D eigenvalue weighted by molar-refractivity contribution is -0.384. The number of hydrogen-bond acceptors (Lipinski definition) is 4. The van der Waals surface area contributed by atoms with Gasteiger partial charge in [-0.3, -0.25) is 10.1 Å². The summed E-state index contributed by atoms with van der Waals surface area (Å²) < 4.78 is 11.3. The van der Waals surface area contributed by atoms with E-state index in [1.165, 1.54) is 12.1 Å². The highest BCUT2D eigenvalue weighted by Crippen LogP contribution is 2.23. The Morgan fingerprint density at radius 2 is 1.46 bits per heavy atom. The third-order valence-corrected chi connectivity index (χ3v) is 3.34. The van der Waals surface area contributed by atoms with E-state index in [0.717, 1.165) is 17.1 Å². The number of para-hydroxylation sites is 1. The number of rotatable bonds is 6. The topological polar surface area (TPSA) is 61.6 Å². The molecule has 0 saturated carbocycles. The molecule has 24 heavy (non-hydrogen) atoms. The molecule has 3 aromatic rings. The van der Waals surface area contributed by atoms with E-state index in [4.69, 9.17) is 9.47 Å². The van der Waals surface area contributed by atoms with Crippen molar-refractivity contribution in [3.05, 3.63) is 94.5 Å². The molecular weight excluding hydrogens is 306 g/mol. The molecule has 0 aliphatic rings. The molecule has 0 aliphatic heterocycles. The molecule has 0 saturated heterocycles. The fourth-order valence-corrected chi connectivity index (χ4v) is 2.13. The van der Waals surface area contributed by atoms with Crippen LogP contribution >= 0.6 is 0 Å². The van der Waals surface area contributed by atoms with Gasteiger partial charge in [-0.25, -0.2) is 0 Å². The Balaban J connectivity index is 1.60. The highest BCUT2D eigenvalue weighted by molar-refractivity contribution is 5.38. The summed E-state index contributed by atoms with van der Waals surface area (Å²) in [6, 6.07) is 23.2. The number of nitro groups is 1. The van der Waals surface area contributed by atoms with Crippen LogP contribution in [0.5, 0.6) is 17.2 Å². The quantitative estimate of drug-likeness (QED) is 0.475. The van der Waals surface area contributed by atoms with Crippen LogP contribution in [0.25, 0.3) is 0 Å². The minimum Gasteiger partial charge on any atom is -0.489 e. The lowest BCUT2D eigenvalue weighted by atomic mass is 10.2. The number of hydrogen-bond donors (Lipinski definition) is 0. The second-order valence-corrected chi connectivity index (χ2v) is 5.10. The molecule has 0 amide bonds. The SMILES string of the molecule is O=[N+]([O-])c1cccc(OCc2ccc(Oc3ccccc3)cc2)c1. The second kappa shape index (κ2) is 7.28. The van der Waals surface area contributed by atoms with Crippen molar-refractivity contribution < 1.29 is 14.4 Å². The van der Waals surface area contributed by atoms with Gasteiger partial charge >= 0.3 is 0 Å². The van der Waals surface area contributed by atoms with E-state index in [-0.39, 0.29) is 5.69 Å². The number of ether oxygens (including phenoxy) is 2. The molecule has 0 heterocycles. The van der Waals surface area contributed by atoms with Crippen molar-refractivity contribution in [1.29, 1.82) is 0 Å². The lowest BCUT2D eigenvalue weighted by Crippen LogP contribution is -1.96. The van der Waals surface area contributed by atoms with Crippen molar-refractivity contribution >= 4 is 5.69 Å². The molecule has 0 bridgehead atoms. The van der Waals surface area contributed by atoms with E-state index in [9.17, 15) is 10.1 Å². The van der Waals surface area contributed by atoms with Gasteiger partial charge in [0.15, 0.2) is 0 Å². The lowest BCUT2D eigenvalue weighted by Gasteiger charge is -2.08. The first-order valence-electron chi connectivity index (χ1n) is 7.40. The fourth-order valence-electron chi connectivity index (χ4n) is 2.13. The number of nitrogens with zero attached hydrogens (tertiary/aromatic N) is 1. The van der Waals surface area contributed by atoms with Crippen LogP contribution in [0, 0.1) is 10.1 Å². The predicted octanol–water partition coefficient (Wildman–Crippen LogP) is 4.97. The predicted molar refractivity (Wildman–Crippen MR) is 90.4 cm³/mol. The minimum atomic E-state index is -0.442. The summed E-state index contributed by atoms with van der Waals surface area (Å²) in [4.78, 5) is 10.3. The first-order chi connectivity index (χ1) is 11.7. The summed E-state index contributed by atoms with van der Waals surface area (Å²) in [6.45, 7) is 0.326. The first kappa shape index (κ1) is 15.6. The molecule has 0 atom stereocenters. The molecule has 3 rings (SSSR count). The molecule has 0 N–H and O–H groups in total. The second-order valence-electron chi connectivity index (χ2n) is 5.10. The highest BCUT2D eigenvalue weighted by Gasteiger charge is 2.06. The standard InChI is InChI=1S/C19H15NO4/c21-20(22)16-5-4-8-19(13-16)23-14-15-9-11-18(12-10-15)24-17-6-2-1-3-7-17/h1-13H,14H2. The van der Waals surface area contributed by atoms with E-state index >= 15 is 0 Å². The third kappa shape index (κ3) is 4.10. The minimum absolute atomic E-state index is 0.0131. The van der Waals surface area contributed by atoms with Gasteiger partial charge in [0.1, 0.15) is 23.9 Å². The average molecular weight is 321 g/mol. The maximum Gasteiger partial charge on any atom is 0.273 e. The normalized spacial score (nSPS) is 10.2. The van der Waals surface area contributed by atoms with Gasteiger partial charge in [-0.2, -0.15) is 0 Å². The number of benzene rings is 3. The van der Waals surface area contributed by atoms with E-state index < -0.39 is 4.92 Å². The fraction of sp³-hybridized carbons (Fsp3) is 0.0526. The van der Waals surface area contributed by atoms with Crippen LogP contribution in [0.2, 0.25) is 0 Å². The van der Waals surface area contributed by atoms with Gasteiger partial charge in [-0.1, -0.05) is 36.4 Å². The van der Waals surface area contributed by atoms with E-state index in [1.54, 1.807) is 12.1 Å². The van der Waals surface area contributed by atoms with E-state index in [2.05, 4.69) is 0 Å². The van der Waals surface area contributed by atoms with Crippen molar-refractivity contribution in [2.75, 3.05) is 0 Å². The smallest absolute Gasteiger partial charge is 0.273 e. The molecule has 5 heteroatoms. The van der Waals surface area contributed by atoms with Gasteiger partial charge in [-0.05, 0) is 35.9 Å². The van der Waals surface area contributed by atoms with Gasteiger partial charge < -0.3 is 9.47 Å². The third-order valence-electron chi connectivity index (χ3n) is 3.34. The first-order valence-corrected chi connectivity index (χ1v) is 7.40. The zero-order chi connectivity index (χ0) is 16.8. The Morgan fingerprint density at radius 3 is 2.17 bits per heavy atom. The van der Waals surface area contributed by atoms with Crippen molar-refractivity contribution in [1.82, 2.24) is 0 Å². The summed E-state index contributed by atoms with van der Waals surface area (Å²) in [5, 5.41) is 10.8. The Labute approximate surface area is 139 Å². The molecule has 0 fully saturated rings. The zero-order valence-corrected chi connectivity index (χ0v) is 12.8. The van der Waals surface area contributed by atoms with Gasteiger partial charge in [0.25, 0.3) is 5.69 Å². The monoisotopic (exact) mass is 321 g/mol. The maximum atomic E-state index is 10.8. The Kier molecular flexibility index (Phi) is 4.72. The summed E-state index contributed by atoms with van der Waals surface area (Å²) in [6.07, 6.45) is 0.